The fourth-order valence-electron chi connectivity index (χ4n) is 2.82. The summed E-state index contributed by atoms with van der Waals surface area (Å²) in [4.78, 5) is 0.227. The highest BCUT2D eigenvalue weighted by Gasteiger charge is 2.31. The van der Waals surface area contributed by atoms with Gasteiger partial charge in [0, 0.05) is 25.2 Å². The molecule has 0 radical (unpaired) electrons. The standard InChI is InChI=1S/C15H23N3O4S2.ClH/c1-16-13-3-2-10-18(11-13)24(21,22)15-8-6-14(7-9-15)23(19,20)17-12-4-5-12;/h6-9,12-13,16-17H,2-5,10-11H2,1H3;1H. The number of hydrogen-bond acceptors (Lipinski definition) is 5. The second-order valence-corrected chi connectivity index (χ2v) is 10.0. The summed E-state index contributed by atoms with van der Waals surface area (Å²) in [5.74, 6) is 0. The second kappa shape index (κ2) is 7.89. The molecule has 1 heterocycles. The Morgan fingerprint density at radius 1 is 0.960 bits per heavy atom. The summed E-state index contributed by atoms with van der Waals surface area (Å²) in [6.45, 7) is 0.923. The van der Waals surface area contributed by atoms with Gasteiger partial charge in [-0.1, -0.05) is 0 Å². The molecule has 7 nitrogen and oxygen atoms in total. The molecule has 2 aliphatic rings. The fraction of sp³-hybridized carbons (Fsp3) is 0.600. The van der Waals surface area contributed by atoms with Crippen LogP contribution in [-0.4, -0.2) is 53.4 Å². The first-order valence-electron chi connectivity index (χ1n) is 8.13. The molecule has 1 aromatic rings. The van der Waals surface area contributed by atoms with Gasteiger partial charge < -0.3 is 5.32 Å². The Labute approximate surface area is 155 Å². The fourth-order valence-corrected chi connectivity index (χ4v) is 5.65. The number of nitrogens with one attached hydrogen (secondary N) is 2. The Morgan fingerprint density at radius 3 is 2.12 bits per heavy atom. The van der Waals surface area contributed by atoms with Crippen LogP contribution < -0.4 is 10.0 Å². The van der Waals surface area contributed by atoms with Gasteiger partial charge in [-0.05, 0) is 57.0 Å². The van der Waals surface area contributed by atoms with Gasteiger partial charge in [0.25, 0.3) is 0 Å². The summed E-state index contributed by atoms with van der Waals surface area (Å²) in [6.07, 6.45) is 3.47. The molecule has 1 saturated carbocycles. The molecule has 0 spiro atoms. The molecule has 0 aromatic heterocycles. The summed E-state index contributed by atoms with van der Waals surface area (Å²) in [7, 11) is -5.34. The molecule has 1 saturated heterocycles. The Hall–Kier alpha value is -0.710. The number of sulfonamides is 2. The van der Waals surface area contributed by atoms with Crippen LogP contribution in [0.4, 0.5) is 0 Å². The van der Waals surface area contributed by atoms with E-state index in [0.717, 1.165) is 25.7 Å². The van der Waals surface area contributed by atoms with Gasteiger partial charge in [-0.25, -0.2) is 21.6 Å². The molecule has 1 aliphatic heterocycles. The van der Waals surface area contributed by atoms with E-state index >= 15 is 0 Å². The van der Waals surface area contributed by atoms with Crippen molar-refractivity contribution in [2.75, 3.05) is 20.1 Å². The van der Waals surface area contributed by atoms with Gasteiger partial charge >= 0.3 is 0 Å². The van der Waals surface area contributed by atoms with E-state index in [1.807, 2.05) is 7.05 Å². The SMILES string of the molecule is CNC1CCCN(S(=O)(=O)c2ccc(S(=O)(=O)NC3CC3)cc2)C1.Cl. The first kappa shape index (κ1) is 20.6. The summed E-state index contributed by atoms with van der Waals surface area (Å²) >= 11 is 0. The molecular weight excluding hydrogens is 386 g/mol. The lowest BCUT2D eigenvalue weighted by molar-refractivity contribution is 0.293. The summed E-state index contributed by atoms with van der Waals surface area (Å²) in [6, 6.07) is 5.63. The van der Waals surface area contributed by atoms with Crippen LogP contribution in [0.2, 0.25) is 0 Å². The molecule has 0 bridgehead atoms. The summed E-state index contributed by atoms with van der Waals surface area (Å²) in [5, 5.41) is 3.12. The Balaban J connectivity index is 0.00000225. The Bertz CT molecular complexity index is 793. The van der Waals surface area contributed by atoms with Crippen molar-refractivity contribution in [2.24, 2.45) is 0 Å². The van der Waals surface area contributed by atoms with Crippen LogP contribution in [0, 0.1) is 0 Å². The maximum atomic E-state index is 12.7. The van der Waals surface area contributed by atoms with Gasteiger partial charge in [0.2, 0.25) is 20.0 Å². The minimum atomic E-state index is -3.60. The molecule has 1 unspecified atom stereocenters. The summed E-state index contributed by atoms with van der Waals surface area (Å²) in [5.41, 5.74) is 0. The molecule has 1 atom stereocenters. The van der Waals surface area contributed by atoms with Gasteiger partial charge in [-0.3, -0.25) is 0 Å². The minimum absolute atomic E-state index is 0. The first-order valence-corrected chi connectivity index (χ1v) is 11.0. The number of rotatable bonds is 6. The van der Waals surface area contributed by atoms with Crippen molar-refractivity contribution in [3.05, 3.63) is 24.3 Å². The van der Waals surface area contributed by atoms with Crippen molar-refractivity contribution in [1.82, 2.24) is 14.3 Å². The van der Waals surface area contributed by atoms with E-state index < -0.39 is 20.0 Å². The molecular formula is C15H24ClN3O4S2. The normalized spacial score (nSPS) is 22.4. The van der Waals surface area contributed by atoms with Crippen LogP contribution in [0.1, 0.15) is 25.7 Å². The molecule has 0 amide bonds. The van der Waals surface area contributed by atoms with E-state index in [1.54, 1.807) is 0 Å². The van der Waals surface area contributed by atoms with Crippen LogP contribution in [0.15, 0.2) is 34.1 Å². The van der Waals surface area contributed by atoms with E-state index in [-0.39, 0.29) is 34.3 Å². The molecule has 1 aliphatic carbocycles. The lowest BCUT2D eigenvalue weighted by Crippen LogP contribution is -2.46. The van der Waals surface area contributed by atoms with Gasteiger partial charge in [0.05, 0.1) is 9.79 Å². The maximum Gasteiger partial charge on any atom is 0.243 e. The molecule has 10 heteroatoms. The zero-order valence-corrected chi connectivity index (χ0v) is 16.5. The largest absolute Gasteiger partial charge is 0.316 e. The third-order valence-corrected chi connectivity index (χ3v) is 7.88. The predicted octanol–water partition coefficient (Wildman–Crippen LogP) is 0.922. The Morgan fingerprint density at radius 2 is 1.56 bits per heavy atom. The van der Waals surface area contributed by atoms with Gasteiger partial charge in [-0.2, -0.15) is 4.31 Å². The molecule has 2 N–H and O–H groups in total. The van der Waals surface area contributed by atoms with Gasteiger partial charge in [0.1, 0.15) is 0 Å². The van der Waals surface area contributed by atoms with Crippen LogP contribution in [0.5, 0.6) is 0 Å². The average Bonchev–Trinajstić information content (AvgIpc) is 3.38. The number of hydrogen-bond donors (Lipinski definition) is 2. The number of nitrogens with zero attached hydrogens (tertiary/aromatic N) is 1. The Kier molecular flexibility index (Phi) is 6.50. The van der Waals surface area contributed by atoms with Crippen LogP contribution in [-0.2, 0) is 20.0 Å². The van der Waals surface area contributed by atoms with Crippen molar-refractivity contribution < 1.29 is 16.8 Å². The third kappa shape index (κ3) is 4.72. The van der Waals surface area contributed by atoms with Gasteiger partial charge in [0.15, 0.2) is 0 Å². The van der Waals surface area contributed by atoms with E-state index in [2.05, 4.69) is 10.0 Å². The number of likely N-dealkylation sites (N-methyl/N-ethyl adjacent to an activating group) is 1. The zero-order chi connectivity index (χ0) is 17.4. The number of benzene rings is 1. The molecule has 1 aromatic carbocycles. The monoisotopic (exact) mass is 409 g/mol. The van der Waals surface area contributed by atoms with Crippen molar-refractivity contribution in [3.8, 4) is 0 Å². The second-order valence-electron chi connectivity index (χ2n) is 6.36. The van der Waals surface area contributed by atoms with Crippen molar-refractivity contribution >= 4 is 32.5 Å². The molecule has 2 fully saturated rings. The topological polar surface area (TPSA) is 95.6 Å². The van der Waals surface area contributed by atoms with Crippen LogP contribution in [0.3, 0.4) is 0 Å². The first-order chi connectivity index (χ1) is 11.3. The summed E-state index contributed by atoms with van der Waals surface area (Å²) < 4.78 is 53.8. The van der Waals surface area contributed by atoms with Crippen molar-refractivity contribution in [3.63, 3.8) is 0 Å². The number of halogens is 1. The number of piperidine rings is 1. The van der Waals surface area contributed by atoms with E-state index in [1.165, 1.54) is 28.6 Å². The molecule has 25 heavy (non-hydrogen) atoms. The highest BCUT2D eigenvalue weighted by Crippen LogP contribution is 2.24. The van der Waals surface area contributed by atoms with Crippen LogP contribution in [0.25, 0.3) is 0 Å². The van der Waals surface area contributed by atoms with E-state index in [9.17, 15) is 16.8 Å². The predicted molar refractivity (Wildman–Crippen MR) is 97.9 cm³/mol. The lowest BCUT2D eigenvalue weighted by atomic mass is 10.1. The van der Waals surface area contributed by atoms with Crippen molar-refractivity contribution in [1.29, 1.82) is 0 Å². The smallest absolute Gasteiger partial charge is 0.243 e. The maximum absolute atomic E-state index is 12.7. The lowest BCUT2D eigenvalue weighted by Gasteiger charge is -2.31. The minimum Gasteiger partial charge on any atom is -0.316 e. The molecule has 3 rings (SSSR count). The highest BCUT2D eigenvalue weighted by molar-refractivity contribution is 7.89. The van der Waals surface area contributed by atoms with Crippen molar-refractivity contribution in [2.45, 2.75) is 47.6 Å². The molecule has 142 valence electrons. The van der Waals surface area contributed by atoms with Gasteiger partial charge in [-0.15, -0.1) is 12.4 Å². The average molecular weight is 410 g/mol. The third-order valence-electron chi connectivity index (χ3n) is 4.46. The quantitative estimate of drug-likeness (QED) is 0.728. The van der Waals surface area contributed by atoms with E-state index in [4.69, 9.17) is 0 Å². The van der Waals surface area contributed by atoms with Crippen LogP contribution >= 0.6 is 12.4 Å². The highest BCUT2D eigenvalue weighted by atomic mass is 35.5. The zero-order valence-electron chi connectivity index (χ0n) is 14.0. The van der Waals surface area contributed by atoms with E-state index in [0.29, 0.717) is 13.1 Å².